The van der Waals surface area contributed by atoms with Crippen LogP contribution in [0.5, 0.6) is 0 Å². The molecule has 5 heteroatoms. The molecule has 0 fully saturated rings. The van der Waals surface area contributed by atoms with Gasteiger partial charge in [-0.2, -0.15) is 0 Å². The van der Waals surface area contributed by atoms with Crippen molar-refractivity contribution in [1.82, 2.24) is 5.32 Å². The lowest BCUT2D eigenvalue weighted by molar-refractivity contribution is 0.684. The summed E-state index contributed by atoms with van der Waals surface area (Å²) < 4.78 is 0. The van der Waals surface area contributed by atoms with Crippen molar-refractivity contribution in [3.05, 3.63) is 0 Å². The number of hydrogen-bond acceptors (Lipinski definition) is 2. The standard InChI is InChI=1S/C5H15BN4/c6-4(7)2-1-3-10-5(8)9/h4H,1-3,6-7H2,(H4,8,9,10)/t4-/m0/s1. The molecule has 58 valence electrons. The first-order valence-electron chi connectivity index (χ1n) is 3.46. The highest BCUT2D eigenvalue weighted by atomic mass is 15.0. The Morgan fingerprint density at radius 2 is 2.30 bits per heavy atom. The predicted molar refractivity (Wildman–Crippen MR) is 45.7 cm³/mol. The third-order valence-electron chi connectivity index (χ3n) is 1.15. The zero-order valence-corrected chi connectivity index (χ0v) is 6.35. The van der Waals surface area contributed by atoms with E-state index >= 15 is 0 Å². The number of nitrogens with two attached hydrogens (primary N) is 2. The molecule has 0 saturated carbocycles. The van der Waals surface area contributed by atoms with Crippen molar-refractivity contribution in [2.45, 2.75) is 18.8 Å². The van der Waals surface area contributed by atoms with E-state index in [9.17, 15) is 0 Å². The number of hydrogen-bond donors (Lipinski definition) is 4. The molecular weight excluding hydrogens is 127 g/mol. The lowest BCUT2D eigenvalue weighted by Crippen LogP contribution is -2.32. The summed E-state index contributed by atoms with van der Waals surface area (Å²) in [4.78, 5) is 0. The Kier molecular flexibility index (Phi) is 4.75. The number of guanidine groups is 1. The largest absolute Gasteiger partial charge is 0.370 e. The molecule has 4 nitrogen and oxygen atoms in total. The number of rotatable bonds is 4. The minimum atomic E-state index is 0.0321. The SMILES string of the molecule is B[C@@H](N)CCCNC(=N)N. The summed E-state index contributed by atoms with van der Waals surface area (Å²) in [7, 11) is 1.97. The van der Waals surface area contributed by atoms with Crippen LogP contribution in [0, 0.1) is 5.41 Å². The van der Waals surface area contributed by atoms with Gasteiger partial charge in [0.1, 0.15) is 7.85 Å². The van der Waals surface area contributed by atoms with Crippen LogP contribution in [0.25, 0.3) is 0 Å². The third-order valence-corrected chi connectivity index (χ3v) is 1.15. The molecule has 0 amide bonds. The third kappa shape index (κ3) is 7.29. The van der Waals surface area contributed by atoms with Crippen LogP contribution in [0.15, 0.2) is 0 Å². The van der Waals surface area contributed by atoms with Crippen LogP contribution in [-0.2, 0) is 0 Å². The van der Waals surface area contributed by atoms with Crippen molar-refractivity contribution in [2.24, 2.45) is 11.5 Å². The Morgan fingerprint density at radius 1 is 1.70 bits per heavy atom. The Hall–Kier alpha value is -0.705. The van der Waals surface area contributed by atoms with E-state index in [-0.39, 0.29) is 11.9 Å². The maximum absolute atomic E-state index is 6.82. The van der Waals surface area contributed by atoms with E-state index in [1.165, 1.54) is 0 Å². The molecule has 0 spiro atoms. The van der Waals surface area contributed by atoms with E-state index in [0.29, 0.717) is 0 Å². The topological polar surface area (TPSA) is 87.9 Å². The van der Waals surface area contributed by atoms with Gasteiger partial charge < -0.3 is 16.8 Å². The molecule has 0 bridgehead atoms. The van der Waals surface area contributed by atoms with Gasteiger partial charge in [-0.15, -0.1) is 0 Å². The molecule has 0 aromatic carbocycles. The molecule has 0 aliphatic heterocycles. The minimum absolute atomic E-state index is 0.0321. The van der Waals surface area contributed by atoms with Crippen molar-refractivity contribution in [3.63, 3.8) is 0 Å². The van der Waals surface area contributed by atoms with Gasteiger partial charge in [0.2, 0.25) is 0 Å². The van der Waals surface area contributed by atoms with Gasteiger partial charge in [0.05, 0.1) is 0 Å². The van der Waals surface area contributed by atoms with Crippen LogP contribution >= 0.6 is 0 Å². The molecule has 0 saturated heterocycles. The maximum atomic E-state index is 6.82. The Balaban J connectivity index is 2.98. The molecule has 1 atom stereocenters. The van der Waals surface area contributed by atoms with Crippen LogP contribution in [0.2, 0.25) is 0 Å². The van der Waals surface area contributed by atoms with Gasteiger partial charge in [-0.25, -0.2) is 0 Å². The summed E-state index contributed by atoms with van der Waals surface area (Å²) in [5.41, 5.74) is 10.5. The molecule has 0 aromatic rings. The van der Waals surface area contributed by atoms with E-state index in [4.69, 9.17) is 16.9 Å². The van der Waals surface area contributed by atoms with Crippen LogP contribution in [0.3, 0.4) is 0 Å². The molecule has 0 aliphatic rings. The van der Waals surface area contributed by atoms with Crippen LogP contribution in [-0.4, -0.2) is 26.3 Å². The molecule has 6 N–H and O–H groups in total. The molecule has 0 unspecified atom stereocenters. The summed E-state index contributed by atoms with van der Waals surface area (Å²) in [5.74, 6) is 0.276. The van der Waals surface area contributed by atoms with E-state index in [1.807, 2.05) is 7.85 Å². The summed E-state index contributed by atoms with van der Waals surface area (Å²) in [6.07, 6.45) is 1.94. The first-order chi connectivity index (χ1) is 4.63. The molecule has 10 heavy (non-hydrogen) atoms. The summed E-state index contributed by atoms with van der Waals surface area (Å²) in [6, 6.07) is 0. The second kappa shape index (κ2) is 5.11. The van der Waals surface area contributed by atoms with Crippen molar-refractivity contribution >= 4 is 13.8 Å². The highest BCUT2D eigenvalue weighted by Crippen LogP contribution is 1.87. The van der Waals surface area contributed by atoms with Crippen LogP contribution in [0.1, 0.15) is 12.8 Å². The summed E-state index contributed by atoms with van der Waals surface area (Å²) in [5, 5.41) is 9.52. The highest BCUT2D eigenvalue weighted by molar-refractivity contribution is 6.11. The molecule has 0 heterocycles. The second-order valence-corrected chi connectivity index (χ2v) is 2.46. The normalized spacial score (nSPS) is 12.5. The van der Waals surface area contributed by atoms with Gasteiger partial charge in [0, 0.05) is 6.54 Å². The summed E-state index contributed by atoms with van der Waals surface area (Å²) in [6.45, 7) is 0.747. The van der Waals surface area contributed by atoms with Crippen molar-refractivity contribution in [2.75, 3.05) is 6.54 Å². The zero-order chi connectivity index (χ0) is 7.98. The van der Waals surface area contributed by atoms with E-state index < -0.39 is 0 Å². The Morgan fingerprint density at radius 3 is 2.70 bits per heavy atom. The maximum Gasteiger partial charge on any atom is 0.185 e. The molecule has 0 aliphatic carbocycles. The quantitative estimate of drug-likeness (QED) is 0.161. The molecule has 0 rings (SSSR count). The first kappa shape index (κ1) is 9.29. The van der Waals surface area contributed by atoms with Gasteiger partial charge in [-0.05, 0) is 18.8 Å². The fourth-order valence-corrected chi connectivity index (χ4v) is 0.647. The highest BCUT2D eigenvalue weighted by Gasteiger charge is 1.93. The molecule has 0 aromatic heterocycles. The average Bonchev–Trinajstić information content (AvgIpc) is 1.79. The van der Waals surface area contributed by atoms with E-state index in [1.54, 1.807) is 0 Å². The van der Waals surface area contributed by atoms with Gasteiger partial charge in [-0.3, -0.25) is 5.41 Å². The summed E-state index contributed by atoms with van der Waals surface area (Å²) >= 11 is 0. The first-order valence-corrected chi connectivity index (χ1v) is 3.46. The Bertz CT molecular complexity index is 104. The number of nitrogens with one attached hydrogen (secondary N) is 2. The lowest BCUT2D eigenvalue weighted by Gasteiger charge is -2.05. The van der Waals surface area contributed by atoms with Crippen molar-refractivity contribution in [3.8, 4) is 0 Å². The minimum Gasteiger partial charge on any atom is -0.370 e. The smallest absolute Gasteiger partial charge is 0.185 e. The van der Waals surface area contributed by atoms with Crippen LogP contribution in [0.4, 0.5) is 0 Å². The van der Waals surface area contributed by atoms with Crippen molar-refractivity contribution < 1.29 is 0 Å². The van der Waals surface area contributed by atoms with Gasteiger partial charge >= 0.3 is 0 Å². The Labute approximate surface area is 62.3 Å². The predicted octanol–water partition coefficient (Wildman–Crippen LogP) is -1.83. The van der Waals surface area contributed by atoms with E-state index in [0.717, 1.165) is 19.4 Å². The fraction of sp³-hybridized carbons (Fsp3) is 0.800. The lowest BCUT2D eigenvalue weighted by atomic mass is 9.93. The second-order valence-electron chi connectivity index (χ2n) is 2.46. The fourth-order valence-electron chi connectivity index (χ4n) is 0.647. The molecular formula is C5H15BN4. The monoisotopic (exact) mass is 142 g/mol. The van der Waals surface area contributed by atoms with Gasteiger partial charge in [0.15, 0.2) is 5.96 Å². The van der Waals surface area contributed by atoms with Gasteiger partial charge in [-0.1, -0.05) is 0 Å². The van der Waals surface area contributed by atoms with Crippen LogP contribution < -0.4 is 16.8 Å². The van der Waals surface area contributed by atoms with E-state index in [2.05, 4.69) is 5.32 Å². The van der Waals surface area contributed by atoms with Gasteiger partial charge in [0.25, 0.3) is 0 Å². The zero-order valence-electron chi connectivity index (χ0n) is 6.35. The molecule has 0 radical (unpaired) electrons. The van der Waals surface area contributed by atoms with Crippen molar-refractivity contribution in [1.29, 1.82) is 5.41 Å². The average molecular weight is 142 g/mol.